The molecule has 0 heterocycles. The van der Waals surface area contributed by atoms with Crippen molar-refractivity contribution in [2.24, 2.45) is 0 Å². The first-order valence-electron chi connectivity index (χ1n) is 4.19. The van der Waals surface area contributed by atoms with Gasteiger partial charge < -0.3 is 5.11 Å². The summed E-state index contributed by atoms with van der Waals surface area (Å²) in [7, 11) is 0. The Balaban J connectivity index is 2.49. The highest BCUT2D eigenvalue weighted by atomic mass is 35.5. The molecule has 0 amide bonds. The molecule has 0 fully saturated rings. The average Bonchev–Trinajstić information content (AvgIpc) is 2.08. The molecule has 0 bridgehead atoms. The summed E-state index contributed by atoms with van der Waals surface area (Å²) in [5.41, 5.74) is 2.00. The second-order valence-electron chi connectivity index (χ2n) is 3.29. The molecule has 0 aromatic heterocycles. The van der Waals surface area contributed by atoms with E-state index in [0.717, 1.165) is 17.5 Å². The van der Waals surface area contributed by atoms with Gasteiger partial charge in [0.2, 0.25) is 0 Å². The first-order chi connectivity index (χ1) is 6.16. The Morgan fingerprint density at radius 3 is 2.77 bits per heavy atom. The third kappa shape index (κ3) is 1.54. The first kappa shape index (κ1) is 8.57. The number of carbonyl (C=O) groups excluding carboxylic acids is 1. The smallest absolute Gasteiger partial charge is 0.137 e. The monoisotopic (exact) mass is 196 g/mol. The third-order valence-electron chi connectivity index (χ3n) is 2.33. The number of carbonyl (C=O) groups is 1. The minimum absolute atomic E-state index is 0.106. The molecule has 0 saturated carbocycles. The van der Waals surface area contributed by atoms with Gasteiger partial charge in [0.05, 0.1) is 5.02 Å². The number of aromatic hydroxyl groups is 1. The Labute approximate surface area is 81.1 Å². The summed E-state index contributed by atoms with van der Waals surface area (Å²) in [4.78, 5) is 11.1. The van der Waals surface area contributed by atoms with Crippen LogP contribution >= 0.6 is 11.6 Å². The van der Waals surface area contributed by atoms with Crippen molar-refractivity contribution < 1.29 is 9.90 Å². The van der Waals surface area contributed by atoms with Gasteiger partial charge in [0.1, 0.15) is 11.5 Å². The number of rotatable bonds is 0. The van der Waals surface area contributed by atoms with E-state index >= 15 is 0 Å². The normalized spacial score (nSPS) is 15.6. The highest BCUT2D eigenvalue weighted by Gasteiger charge is 2.17. The molecule has 1 aromatic carbocycles. The maximum absolute atomic E-state index is 11.1. The SMILES string of the molecule is O=C1CCc2cc(O)c(Cl)cc2C1. The number of fused-ring (bicyclic) bond motifs is 1. The molecule has 2 nitrogen and oxygen atoms in total. The van der Waals surface area contributed by atoms with Crippen LogP contribution in [-0.4, -0.2) is 10.9 Å². The van der Waals surface area contributed by atoms with Crippen molar-refractivity contribution in [3.63, 3.8) is 0 Å². The van der Waals surface area contributed by atoms with Crippen LogP contribution in [0.15, 0.2) is 12.1 Å². The van der Waals surface area contributed by atoms with E-state index in [2.05, 4.69) is 0 Å². The minimum Gasteiger partial charge on any atom is -0.506 e. The number of phenolic OH excluding ortho intramolecular Hbond substituents is 1. The number of Topliss-reactive ketones (excluding diaryl/α,β-unsaturated/α-hetero) is 1. The number of aryl methyl sites for hydroxylation is 1. The van der Waals surface area contributed by atoms with Gasteiger partial charge in [-0.05, 0) is 29.7 Å². The van der Waals surface area contributed by atoms with E-state index in [-0.39, 0.29) is 11.5 Å². The van der Waals surface area contributed by atoms with Gasteiger partial charge in [0.15, 0.2) is 0 Å². The predicted octanol–water partition coefficient (Wildman–Crippen LogP) is 2.10. The summed E-state index contributed by atoms with van der Waals surface area (Å²) in [6, 6.07) is 3.34. The number of benzene rings is 1. The maximum atomic E-state index is 11.1. The van der Waals surface area contributed by atoms with Gasteiger partial charge in [-0.25, -0.2) is 0 Å². The summed E-state index contributed by atoms with van der Waals surface area (Å²) in [5, 5.41) is 9.65. The summed E-state index contributed by atoms with van der Waals surface area (Å²) >= 11 is 5.73. The molecule has 0 spiro atoms. The molecule has 3 heteroatoms. The van der Waals surface area contributed by atoms with Gasteiger partial charge >= 0.3 is 0 Å². The van der Waals surface area contributed by atoms with Crippen LogP contribution in [0.4, 0.5) is 0 Å². The third-order valence-corrected chi connectivity index (χ3v) is 2.63. The lowest BCUT2D eigenvalue weighted by Crippen LogP contribution is -2.12. The van der Waals surface area contributed by atoms with Gasteiger partial charge in [-0.15, -0.1) is 0 Å². The number of phenols is 1. The van der Waals surface area contributed by atoms with Crippen LogP contribution in [0.1, 0.15) is 17.5 Å². The Morgan fingerprint density at radius 2 is 2.00 bits per heavy atom. The van der Waals surface area contributed by atoms with Crippen molar-refractivity contribution in [3.8, 4) is 5.75 Å². The van der Waals surface area contributed by atoms with Crippen molar-refractivity contribution in [2.75, 3.05) is 0 Å². The molecule has 0 radical (unpaired) electrons. The summed E-state index contributed by atoms with van der Waals surface area (Å²) < 4.78 is 0. The van der Waals surface area contributed by atoms with Crippen LogP contribution < -0.4 is 0 Å². The lowest BCUT2D eigenvalue weighted by atomic mass is 9.91. The predicted molar refractivity (Wildman–Crippen MR) is 50.1 cm³/mol. The number of hydrogen-bond donors (Lipinski definition) is 1. The van der Waals surface area contributed by atoms with Crippen molar-refractivity contribution in [2.45, 2.75) is 19.3 Å². The summed E-state index contributed by atoms with van der Waals surface area (Å²) in [6.45, 7) is 0. The van der Waals surface area contributed by atoms with Crippen LogP contribution in [0, 0.1) is 0 Å². The molecular formula is C10H9ClO2. The quantitative estimate of drug-likeness (QED) is 0.690. The van der Waals surface area contributed by atoms with Crippen LogP contribution in [-0.2, 0) is 17.6 Å². The molecule has 1 N–H and O–H groups in total. The zero-order valence-corrected chi connectivity index (χ0v) is 7.77. The molecule has 1 aliphatic carbocycles. The van der Waals surface area contributed by atoms with Crippen LogP contribution in [0.3, 0.4) is 0 Å². The molecule has 0 aliphatic heterocycles. The Kier molecular flexibility index (Phi) is 2.00. The number of hydrogen-bond acceptors (Lipinski definition) is 2. The Morgan fingerprint density at radius 1 is 1.23 bits per heavy atom. The summed E-state index contributed by atoms with van der Waals surface area (Å²) in [6.07, 6.45) is 1.75. The average molecular weight is 197 g/mol. The molecule has 0 atom stereocenters. The molecule has 0 saturated heterocycles. The fraction of sp³-hybridized carbons (Fsp3) is 0.300. The van der Waals surface area contributed by atoms with E-state index in [1.54, 1.807) is 12.1 Å². The van der Waals surface area contributed by atoms with Crippen LogP contribution in [0.25, 0.3) is 0 Å². The topological polar surface area (TPSA) is 37.3 Å². The zero-order valence-electron chi connectivity index (χ0n) is 7.01. The molecule has 1 aliphatic rings. The molecule has 2 rings (SSSR count). The van der Waals surface area contributed by atoms with Crippen molar-refractivity contribution >= 4 is 17.4 Å². The van der Waals surface area contributed by atoms with Gasteiger partial charge in [-0.3, -0.25) is 4.79 Å². The lowest BCUT2D eigenvalue weighted by Gasteiger charge is -2.15. The van der Waals surface area contributed by atoms with Gasteiger partial charge in [-0.1, -0.05) is 11.6 Å². The van der Waals surface area contributed by atoms with Gasteiger partial charge in [0.25, 0.3) is 0 Å². The second-order valence-corrected chi connectivity index (χ2v) is 3.69. The zero-order chi connectivity index (χ0) is 9.42. The highest BCUT2D eigenvalue weighted by Crippen LogP contribution is 2.30. The highest BCUT2D eigenvalue weighted by molar-refractivity contribution is 6.32. The molecule has 0 unspecified atom stereocenters. The summed E-state index contributed by atoms with van der Waals surface area (Å²) in [5.74, 6) is 0.351. The van der Waals surface area contributed by atoms with Crippen LogP contribution in [0.2, 0.25) is 5.02 Å². The second kappa shape index (κ2) is 3.04. The van der Waals surface area contributed by atoms with E-state index < -0.39 is 0 Å². The van der Waals surface area contributed by atoms with E-state index in [1.165, 1.54) is 0 Å². The van der Waals surface area contributed by atoms with Crippen molar-refractivity contribution in [1.29, 1.82) is 0 Å². The van der Waals surface area contributed by atoms with Crippen molar-refractivity contribution in [1.82, 2.24) is 0 Å². The molecule has 13 heavy (non-hydrogen) atoms. The van der Waals surface area contributed by atoms with Gasteiger partial charge in [-0.2, -0.15) is 0 Å². The maximum Gasteiger partial charge on any atom is 0.137 e. The minimum atomic E-state index is 0.106. The van der Waals surface area contributed by atoms with E-state index in [9.17, 15) is 9.90 Å². The molecule has 1 aromatic rings. The molecular weight excluding hydrogens is 188 g/mol. The number of halogens is 1. The van der Waals surface area contributed by atoms with E-state index in [1.807, 2.05) is 0 Å². The fourth-order valence-electron chi connectivity index (χ4n) is 1.62. The van der Waals surface area contributed by atoms with Gasteiger partial charge in [0, 0.05) is 12.8 Å². The largest absolute Gasteiger partial charge is 0.506 e. The lowest BCUT2D eigenvalue weighted by molar-refractivity contribution is -0.118. The Hall–Kier alpha value is -1.02. The standard InChI is InChI=1S/C10H9ClO2/c11-9-4-7-3-8(12)2-1-6(7)5-10(9)13/h4-5,13H,1-3H2. The molecule has 68 valence electrons. The van der Waals surface area contributed by atoms with Crippen molar-refractivity contribution in [3.05, 3.63) is 28.3 Å². The van der Waals surface area contributed by atoms with E-state index in [4.69, 9.17) is 11.6 Å². The van der Waals surface area contributed by atoms with E-state index in [0.29, 0.717) is 17.9 Å². The number of ketones is 1. The Bertz CT molecular complexity index is 371. The van der Waals surface area contributed by atoms with Crippen LogP contribution in [0.5, 0.6) is 5.75 Å². The fourth-order valence-corrected chi connectivity index (χ4v) is 1.80. The first-order valence-corrected chi connectivity index (χ1v) is 4.56.